The molecule has 1 aliphatic carbocycles. The molecule has 1 aliphatic rings. The number of hydrogen-bond donors (Lipinski definition) is 1. The van der Waals surface area contributed by atoms with E-state index in [-0.39, 0.29) is 16.6 Å². The number of aromatic nitrogens is 2. The van der Waals surface area contributed by atoms with Crippen molar-refractivity contribution in [3.63, 3.8) is 0 Å². The molecule has 1 heterocycles. The lowest BCUT2D eigenvalue weighted by Gasteiger charge is -2.29. The van der Waals surface area contributed by atoms with Crippen LogP contribution in [0.2, 0.25) is 5.02 Å². The van der Waals surface area contributed by atoms with Gasteiger partial charge in [-0.3, -0.25) is 9.48 Å². The molecule has 1 N–H and O–H groups in total. The Labute approximate surface area is 154 Å². The summed E-state index contributed by atoms with van der Waals surface area (Å²) < 4.78 is 40.4. The van der Waals surface area contributed by atoms with E-state index in [0.29, 0.717) is 5.92 Å². The number of halogens is 4. The number of amides is 1. The average molecular weight is 386 g/mol. The molecule has 2 aromatic rings. The predicted molar refractivity (Wildman–Crippen MR) is 91.9 cm³/mol. The van der Waals surface area contributed by atoms with Crippen LogP contribution in [-0.4, -0.2) is 21.7 Å². The average Bonchev–Trinajstić information content (AvgIpc) is 3.09. The van der Waals surface area contributed by atoms with E-state index in [9.17, 15) is 18.0 Å². The Morgan fingerprint density at radius 3 is 2.62 bits per heavy atom. The molecule has 0 aliphatic heterocycles. The molecule has 0 unspecified atom stereocenters. The van der Waals surface area contributed by atoms with Crippen molar-refractivity contribution in [2.24, 2.45) is 5.92 Å². The van der Waals surface area contributed by atoms with Crippen molar-refractivity contribution in [2.45, 2.75) is 44.4 Å². The van der Waals surface area contributed by atoms with Crippen molar-refractivity contribution in [1.29, 1.82) is 0 Å². The standard InChI is InChI=1S/C18H19ClF3N3O/c19-16-7-4-13(18(20,21)22)10-15(16)17(26)24-14-5-2-12(3-6-14)11-25-9-1-8-23-25/h1,4,7-10,12,14H,2-3,5-6,11H2,(H,24,26)/t12-,14-. The van der Waals surface area contributed by atoms with Crippen LogP contribution in [0.5, 0.6) is 0 Å². The van der Waals surface area contributed by atoms with E-state index in [1.165, 1.54) is 0 Å². The molecule has 3 rings (SSSR count). The van der Waals surface area contributed by atoms with Crippen molar-refractivity contribution >= 4 is 17.5 Å². The highest BCUT2D eigenvalue weighted by Crippen LogP contribution is 2.32. The van der Waals surface area contributed by atoms with Crippen LogP contribution in [0.4, 0.5) is 13.2 Å². The topological polar surface area (TPSA) is 46.9 Å². The van der Waals surface area contributed by atoms with Crippen LogP contribution in [0.3, 0.4) is 0 Å². The van der Waals surface area contributed by atoms with Gasteiger partial charge in [0.15, 0.2) is 0 Å². The van der Waals surface area contributed by atoms with Gasteiger partial charge in [0.05, 0.1) is 16.1 Å². The normalized spacial score (nSPS) is 20.8. The minimum Gasteiger partial charge on any atom is -0.349 e. The third-order valence-corrected chi connectivity index (χ3v) is 5.05. The van der Waals surface area contributed by atoms with Crippen LogP contribution in [0.25, 0.3) is 0 Å². The van der Waals surface area contributed by atoms with Crippen molar-refractivity contribution in [1.82, 2.24) is 15.1 Å². The lowest BCUT2D eigenvalue weighted by atomic mass is 9.86. The quantitative estimate of drug-likeness (QED) is 0.839. The van der Waals surface area contributed by atoms with Crippen LogP contribution in [0, 0.1) is 5.92 Å². The Morgan fingerprint density at radius 1 is 1.27 bits per heavy atom. The SMILES string of the molecule is O=C(N[C@H]1CC[C@H](Cn2cccn2)CC1)c1cc(C(F)(F)F)ccc1Cl. The van der Waals surface area contributed by atoms with Crippen LogP contribution >= 0.6 is 11.6 Å². The van der Waals surface area contributed by atoms with Crippen LogP contribution in [-0.2, 0) is 12.7 Å². The molecule has 26 heavy (non-hydrogen) atoms. The van der Waals surface area contributed by atoms with Gasteiger partial charge >= 0.3 is 6.18 Å². The predicted octanol–water partition coefficient (Wildman–Crippen LogP) is 4.54. The Balaban J connectivity index is 1.57. The first-order chi connectivity index (χ1) is 12.3. The molecule has 0 radical (unpaired) electrons. The third-order valence-electron chi connectivity index (χ3n) is 4.72. The maximum absolute atomic E-state index is 12.8. The fraction of sp³-hybridized carbons (Fsp3) is 0.444. The summed E-state index contributed by atoms with van der Waals surface area (Å²) in [4.78, 5) is 12.4. The minimum atomic E-state index is -4.51. The summed E-state index contributed by atoms with van der Waals surface area (Å²) in [5, 5.41) is 7.03. The van der Waals surface area contributed by atoms with E-state index < -0.39 is 17.6 Å². The van der Waals surface area contributed by atoms with Gasteiger partial charge in [-0.2, -0.15) is 18.3 Å². The van der Waals surface area contributed by atoms with Gasteiger partial charge in [-0.1, -0.05) is 11.6 Å². The number of alkyl halides is 3. The first-order valence-electron chi connectivity index (χ1n) is 8.48. The van der Waals surface area contributed by atoms with E-state index >= 15 is 0 Å². The molecule has 0 spiro atoms. The van der Waals surface area contributed by atoms with Gasteiger partial charge in [0.2, 0.25) is 0 Å². The summed E-state index contributed by atoms with van der Waals surface area (Å²) >= 11 is 5.92. The van der Waals surface area contributed by atoms with Gasteiger partial charge in [-0.15, -0.1) is 0 Å². The summed E-state index contributed by atoms with van der Waals surface area (Å²) in [6, 6.07) is 4.62. The molecule has 140 valence electrons. The molecule has 1 saturated carbocycles. The number of carbonyl (C=O) groups is 1. The number of nitrogens with zero attached hydrogens (tertiary/aromatic N) is 2. The molecule has 4 nitrogen and oxygen atoms in total. The van der Waals surface area contributed by atoms with Crippen LogP contribution in [0.1, 0.15) is 41.6 Å². The van der Waals surface area contributed by atoms with E-state index in [4.69, 9.17) is 11.6 Å². The molecule has 1 fully saturated rings. The summed E-state index contributed by atoms with van der Waals surface area (Å²) in [5.74, 6) is -0.0724. The van der Waals surface area contributed by atoms with Gasteiger partial charge in [-0.25, -0.2) is 0 Å². The lowest BCUT2D eigenvalue weighted by molar-refractivity contribution is -0.137. The first kappa shape index (κ1) is 18.8. The number of hydrogen-bond acceptors (Lipinski definition) is 2. The molecular weight excluding hydrogens is 367 g/mol. The molecule has 1 amide bonds. The second-order valence-electron chi connectivity index (χ2n) is 6.61. The summed E-state index contributed by atoms with van der Waals surface area (Å²) in [7, 11) is 0. The number of rotatable bonds is 4. The Hall–Kier alpha value is -2.02. The summed E-state index contributed by atoms with van der Waals surface area (Å²) in [6.07, 6.45) is 2.59. The molecule has 0 saturated heterocycles. The summed E-state index contributed by atoms with van der Waals surface area (Å²) in [6.45, 7) is 0.840. The van der Waals surface area contributed by atoms with Gasteiger partial charge in [-0.05, 0) is 55.9 Å². The number of carbonyl (C=O) groups excluding carboxylic acids is 1. The van der Waals surface area contributed by atoms with Gasteiger partial charge in [0.1, 0.15) is 0 Å². The Morgan fingerprint density at radius 2 is 2.00 bits per heavy atom. The molecular formula is C18H19ClF3N3O. The highest BCUT2D eigenvalue weighted by Gasteiger charge is 2.32. The monoisotopic (exact) mass is 385 g/mol. The van der Waals surface area contributed by atoms with E-state index in [2.05, 4.69) is 10.4 Å². The second-order valence-corrected chi connectivity index (χ2v) is 7.02. The number of benzene rings is 1. The van der Waals surface area contributed by atoms with Crippen molar-refractivity contribution in [3.8, 4) is 0 Å². The third kappa shape index (κ3) is 4.58. The lowest BCUT2D eigenvalue weighted by Crippen LogP contribution is -2.38. The maximum Gasteiger partial charge on any atom is 0.416 e. The van der Waals surface area contributed by atoms with Gasteiger partial charge in [0.25, 0.3) is 5.91 Å². The van der Waals surface area contributed by atoms with Crippen molar-refractivity contribution in [3.05, 3.63) is 52.8 Å². The Kier molecular flexibility index (Phi) is 5.55. The Bertz CT molecular complexity index is 754. The minimum absolute atomic E-state index is 0.0165. The zero-order valence-electron chi connectivity index (χ0n) is 14.0. The molecule has 0 atom stereocenters. The maximum atomic E-state index is 12.8. The van der Waals surface area contributed by atoms with Crippen molar-refractivity contribution < 1.29 is 18.0 Å². The molecule has 0 bridgehead atoms. The van der Waals surface area contributed by atoms with Gasteiger partial charge in [0, 0.05) is 25.0 Å². The fourth-order valence-corrected chi connectivity index (χ4v) is 3.50. The fourth-order valence-electron chi connectivity index (χ4n) is 3.30. The molecule has 1 aromatic heterocycles. The molecule has 8 heteroatoms. The van der Waals surface area contributed by atoms with Gasteiger partial charge < -0.3 is 5.32 Å². The zero-order chi connectivity index (χ0) is 18.7. The highest BCUT2D eigenvalue weighted by molar-refractivity contribution is 6.33. The van der Waals surface area contributed by atoms with Crippen LogP contribution < -0.4 is 5.32 Å². The highest BCUT2D eigenvalue weighted by atomic mass is 35.5. The van der Waals surface area contributed by atoms with E-state index in [0.717, 1.165) is 50.4 Å². The van der Waals surface area contributed by atoms with Crippen molar-refractivity contribution in [2.75, 3.05) is 0 Å². The second kappa shape index (κ2) is 7.70. The van der Waals surface area contributed by atoms with E-state index in [1.807, 2.05) is 16.9 Å². The smallest absolute Gasteiger partial charge is 0.349 e. The van der Waals surface area contributed by atoms with Crippen LogP contribution in [0.15, 0.2) is 36.7 Å². The summed E-state index contributed by atoms with van der Waals surface area (Å²) in [5.41, 5.74) is -1.02. The number of nitrogens with one attached hydrogen (secondary N) is 1. The largest absolute Gasteiger partial charge is 0.416 e. The zero-order valence-corrected chi connectivity index (χ0v) is 14.7. The molecule has 1 aromatic carbocycles. The first-order valence-corrected chi connectivity index (χ1v) is 8.86. The van der Waals surface area contributed by atoms with E-state index in [1.54, 1.807) is 6.20 Å².